The van der Waals surface area contributed by atoms with E-state index in [-0.39, 0.29) is 52.9 Å². The normalized spacial score (nSPS) is 32.5. The molecule has 3 aliphatic rings. The summed E-state index contributed by atoms with van der Waals surface area (Å²) in [7, 11) is 1.59. The van der Waals surface area contributed by atoms with E-state index >= 15 is 0 Å². The zero-order chi connectivity index (χ0) is 24.4. The van der Waals surface area contributed by atoms with Gasteiger partial charge in [-0.25, -0.2) is 4.98 Å². The Kier molecular flexibility index (Phi) is 7.56. The first-order chi connectivity index (χ1) is 16.4. The Bertz CT molecular complexity index is 934. The Morgan fingerprint density at radius 2 is 2.18 bits per heavy atom. The Balaban J connectivity index is 1.56. The number of pyridine rings is 1. The van der Waals surface area contributed by atoms with Crippen LogP contribution in [0.2, 0.25) is 0 Å². The largest absolute Gasteiger partial charge is 0.481 e. The molecule has 1 N–H and O–H groups in total. The molecule has 9 heteroatoms. The van der Waals surface area contributed by atoms with Crippen molar-refractivity contribution in [3.8, 4) is 11.9 Å². The number of carbonyl (C=O) groups excluding carboxylic acids is 2. The molecule has 184 valence electrons. The molecule has 0 bridgehead atoms. The average Bonchev–Trinajstić information content (AvgIpc) is 2.89. The molecule has 3 fully saturated rings. The van der Waals surface area contributed by atoms with Crippen molar-refractivity contribution in [2.75, 3.05) is 25.6 Å². The minimum absolute atomic E-state index is 0.0487. The van der Waals surface area contributed by atoms with Crippen molar-refractivity contribution in [1.29, 1.82) is 5.26 Å². The number of nitriles is 1. The topological polar surface area (TPSA) is 105 Å². The van der Waals surface area contributed by atoms with Crippen LogP contribution in [0.15, 0.2) is 18.3 Å². The number of ether oxygens (including phenoxy) is 2. The van der Waals surface area contributed by atoms with Gasteiger partial charge in [-0.3, -0.25) is 9.59 Å². The van der Waals surface area contributed by atoms with E-state index in [2.05, 4.69) is 30.2 Å². The Hall–Kier alpha value is -2.47. The van der Waals surface area contributed by atoms with Gasteiger partial charge in [0.2, 0.25) is 11.8 Å². The zero-order valence-corrected chi connectivity index (χ0v) is 21.1. The van der Waals surface area contributed by atoms with Crippen LogP contribution in [0.1, 0.15) is 40.0 Å². The van der Waals surface area contributed by atoms with Crippen molar-refractivity contribution in [1.82, 2.24) is 9.88 Å². The molecule has 2 aliphatic carbocycles. The van der Waals surface area contributed by atoms with E-state index in [4.69, 9.17) is 9.47 Å². The van der Waals surface area contributed by atoms with Crippen molar-refractivity contribution in [3.05, 3.63) is 18.3 Å². The fraction of sp³-hybridized carbons (Fsp3) is 0.680. The van der Waals surface area contributed by atoms with Gasteiger partial charge in [-0.1, -0.05) is 13.8 Å². The second kappa shape index (κ2) is 10.4. The second-order valence-corrected chi connectivity index (χ2v) is 11.2. The summed E-state index contributed by atoms with van der Waals surface area (Å²) in [4.78, 5) is 32.9. The van der Waals surface area contributed by atoms with Crippen molar-refractivity contribution in [2.45, 2.75) is 62.6 Å². The third-order valence-electron chi connectivity index (χ3n) is 7.11. The quantitative estimate of drug-likeness (QED) is 0.585. The third kappa shape index (κ3) is 4.70. The number of fused-ring (bicyclic) bond motifs is 2. The lowest BCUT2D eigenvalue weighted by atomic mass is 9.68. The molecule has 0 aromatic carbocycles. The summed E-state index contributed by atoms with van der Waals surface area (Å²) in [6.45, 7) is 6.79. The van der Waals surface area contributed by atoms with Gasteiger partial charge in [-0.2, -0.15) is 17.0 Å². The van der Waals surface area contributed by atoms with Crippen molar-refractivity contribution in [2.24, 2.45) is 23.7 Å². The number of hydrogen-bond donors (Lipinski definition) is 1. The third-order valence-corrected chi connectivity index (χ3v) is 8.91. The van der Waals surface area contributed by atoms with Gasteiger partial charge < -0.3 is 19.7 Å². The summed E-state index contributed by atoms with van der Waals surface area (Å²) in [5.41, 5.74) is 0.906. The number of amides is 1. The fourth-order valence-electron chi connectivity index (χ4n) is 5.59. The maximum atomic E-state index is 13.9. The minimum atomic E-state index is -0.565. The minimum Gasteiger partial charge on any atom is -0.481 e. The van der Waals surface area contributed by atoms with Crippen molar-refractivity contribution in [3.63, 3.8) is 0 Å². The molecule has 8 nitrogen and oxygen atoms in total. The lowest BCUT2D eigenvalue weighted by Crippen LogP contribution is -2.65. The molecular formula is C25H34N4O4S. The maximum absolute atomic E-state index is 13.9. The van der Waals surface area contributed by atoms with Crippen LogP contribution in [0.25, 0.3) is 0 Å². The smallest absolute Gasteiger partial charge is 0.312 e. The SMILES string of the molecule is CCOC(=O)C1C(C#N)C2SC3CCC(Nc4ccc(OC)nc4)CC3C(=O)N(CC(C)C)C21. The molecule has 4 rings (SSSR count). The van der Waals surface area contributed by atoms with Gasteiger partial charge in [0.25, 0.3) is 0 Å². The molecule has 2 heterocycles. The number of thioether (sulfide) groups is 1. The molecule has 1 amide bonds. The number of aromatic nitrogens is 1. The van der Waals surface area contributed by atoms with Crippen molar-refractivity contribution < 1.29 is 19.1 Å². The first-order valence-corrected chi connectivity index (χ1v) is 13.1. The predicted molar refractivity (Wildman–Crippen MR) is 130 cm³/mol. The van der Waals surface area contributed by atoms with Gasteiger partial charge in [0.05, 0.1) is 55.5 Å². The van der Waals surface area contributed by atoms with Crippen LogP contribution >= 0.6 is 11.8 Å². The summed E-state index contributed by atoms with van der Waals surface area (Å²) >= 11 is 1.76. The Morgan fingerprint density at radius 3 is 2.79 bits per heavy atom. The highest BCUT2D eigenvalue weighted by Gasteiger charge is 2.62. The van der Waals surface area contributed by atoms with Gasteiger partial charge in [-0.15, -0.1) is 0 Å². The number of methoxy groups -OCH3 is 1. The summed E-state index contributed by atoms with van der Waals surface area (Å²) in [6.07, 6.45) is 4.30. The van der Waals surface area contributed by atoms with E-state index in [1.807, 2.05) is 17.0 Å². The molecule has 34 heavy (non-hydrogen) atoms. The molecule has 1 aliphatic heterocycles. The lowest BCUT2D eigenvalue weighted by Gasteiger charge is -2.51. The molecule has 7 unspecified atom stereocenters. The zero-order valence-electron chi connectivity index (χ0n) is 20.3. The summed E-state index contributed by atoms with van der Waals surface area (Å²) < 4.78 is 10.5. The number of nitrogens with one attached hydrogen (secondary N) is 1. The molecular weight excluding hydrogens is 452 g/mol. The predicted octanol–water partition coefficient (Wildman–Crippen LogP) is 3.34. The van der Waals surface area contributed by atoms with Crippen LogP contribution in [-0.2, 0) is 14.3 Å². The van der Waals surface area contributed by atoms with E-state index in [0.717, 1.165) is 24.9 Å². The molecule has 0 radical (unpaired) electrons. The van der Waals surface area contributed by atoms with Crippen LogP contribution in [0, 0.1) is 35.0 Å². The first-order valence-electron chi connectivity index (χ1n) is 12.2. The Labute approximate surface area is 205 Å². The van der Waals surface area contributed by atoms with Crippen LogP contribution in [-0.4, -0.2) is 64.6 Å². The highest BCUT2D eigenvalue weighted by molar-refractivity contribution is 8.00. The summed E-state index contributed by atoms with van der Waals surface area (Å²) in [5, 5.41) is 13.5. The van der Waals surface area contributed by atoms with Gasteiger partial charge in [-0.05, 0) is 38.2 Å². The first kappa shape index (κ1) is 24.6. The number of nitrogens with zero attached hydrogens (tertiary/aromatic N) is 3. The second-order valence-electron chi connectivity index (χ2n) is 9.80. The monoisotopic (exact) mass is 486 g/mol. The highest BCUT2D eigenvalue weighted by atomic mass is 32.2. The van der Waals surface area contributed by atoms with Crippen molar-refractivity contribution >= 4 is 29.3 Å². The van der Waals surface area contributed by atoms with Crippen LogP contribution in [0.3, 0.4) is 0 Å². The van der Waals surface area contributed by atoms with Gasteiger partial charge in [0.1, 0.15) is 0 Å². The fourth-order valence-corrected chi connectivity index (χ4v) is 7.56. The molecule has 2 saturated carbocycles. The Morgan fingerprint density at radius 1 is 1.38 bits per heavy atom. The molecule has 1 saturated heterocycles. The number of esters is 1. The van der Waals surface area contributed by atoms with Crippen LogP contribution in [0.5, 0.6) is 5.88 Å². The van der Waals surface area contributed by atoms with Crippen LogP contribution < -0.4 is 10.1 Å². The van der Waals surface area contributed by atoms with Gasteiger partial charge in [0.15, 0.2) is 0 Å². The standard InChI is InChI=1S/C25H34N4O4S/c1-5-33-25(31)21-18(11-26)23-22(21)29(13-14(2)3)24(30)17-10-15(6-8-19(17)34-23)28-16-7-9-20(32-4)27-12-16/h7,9,12,14-15,17-19,21-23,28H,5-6,8,10,13H2,1-4H3. The summed E-state index contributed by atoms with van der Waals surface area (Å²) in [5.74, 6) is -0.543. The highest BCUT2D eigenvalue weighted by Crippen LogP contribution is 2.53. The van der Waals surface area contributed by atoms with Gasteiger partial charge >= 0.3 is 5.97 Å². The molecule has 1 aromatic heterocycles. The number of anilines is 1. The average molecular weight is 487 g/mol. The lowest BCUT2D eigenvalue weighted by molar-refractivity contribution is -0.161. The van der Waals surface area contributed by atoms with E-state index in [0.29, 0.717) is 12.4 Å². The van der Waals surface area contributed by atoms with E-state index < -0.39 is 11.8 Å². The van der Waals surface area contributed by atoms with E-state index in [1.54, 1.807) is 32.0 Å². The van der Waals surface area contributed by atoms with Crippen LogP contribution in [0.4, 0.5) is 5.69 Å². The number of hydrogen-bond acceptors (Lipinski definition) is 8. The van der Waals surface area contributed by atoms with Gasteiger partial charge in [0, 0.05) is 29.2 Å². The maximum Gasteiger partial charge on any atom is 0.312 e. The van der Waals surface area contributed by atoms with E-state index in [1.165, 1.54) is 0 Å². The summed E-state index contributed by atoms with van der Waals surface area (Å²) in [6, 6.07) is 6.01. The van der Waals surface area contributed by atoms with E-state index in [9.17, 15) is 14.9 Å². The molecule has 1 aromatic rings. The molecule has 7 atom stereocenters. The number of rotatable bonds is 7. The number of carbonyl (C=O) groups is 2. The molecule has 0 spiro atoms.